The van der Waals surface area contributed by atoms with Gasteiger partial charge in [-0.3, -0.25) is 4.79 Å². The summed E-state index contributed by atoms with van der Waals surface area (Å²) in [6.07, 6.45) is 0.956. The van der Waals surface area contributed by atoms with Gasteiger partial charge in [0.15, 0.2) is 0 Å². The molecular formula is C15H18FN3OS. The number of likely N-dealkylation sites (tertiary alicyclic amines) is 1. The van der Waals surface area contributed by atoms with Crippen LogP contribution in [-0.2, 0) is 0 Å². The Balaban J connectivity index is 1.93. The number of fused-ring (bicyclic) bond motifs is 1. The van der Waals surface area contributed by atoms with Crippen molar-refractivity contribution in [3.63, 3.8) is 0 Å². The summed E-state index contributed by atoms with van der Waals surface area (Å²) >= 11 is 1.27. The molecule has 21 heavy (non-hydrogen) atoms. The van der Waals surface area contributed by atoms with E-state index in [1.807, 2.05) is 19.0 Å². The first-order valence-electron chi connectivity index (χ1n) is 6.91. The van der Waals surface area contributed by atoms with Crippen LogP contribution in [0.2, 0.25) is 0 Å². The average molecular weight is 307 g/mol. The summed E-state index contributed by atoms with van der Waals surface area (Å²) in [6, 6.07) is 5.18. The van der Waals surface area contributed by atoms with E-state index in [9.17, 15) is 9.18 Å². The maximum absolute atomic E-state index is 13.9. The van der Waals surface area contributed by atoms with Gasteiger partial charge < -0.3 is 15.5 Å². The number of thiophene rings is 1. The zero-order chi connectivity index (χ0) is 15.1. The number of hydrogen-bond donors (Lipinski definition) is 1. The van der Waals surface area contributed by atoms with Crippen molar-refractivity contribution in [1.82, 2.24) is 9.80 Å². The van der Waals surface area contributed by atoms with Gasteiger partial charge in [0.05, 0.1) is 11.1 Å². The fourth-order valence-corrected chi connectivity index (χ4v) is 3.88. The van der Waals surface area contributed by atoms with Crippen molar-refractivity contribution < 1.29 is 9.18 Å². The molecule has 3 rings (SSSR count). The Morgan fingerprint density at radius 3 is 2.86 bits per heavy atom. The number of halogens is 1. The Kier molecular flexibility index (Phi) is 3.59. The number of nitrogens with zero attached hydrogens (tertiary/aromatic N) is 2. The van der Waals surface area contributed by atoms with Gasteiger partial charge in [0.2, 0.25) is 0 Å². The quantitative estimate of drug-likeness (QED) is 0.927. The van der Waals surface area contributed by atoms with E-state index >= 15 is 0 Å². The number of carbonyl (C=O) groups excluding carboxylic acids is 1. The van der Waals surface area contributed by atoms with Gasteiger partial charge in [-0.1, -0.05) is 6.07 Å². The lowest BCUT2D eigenvalue weighted by Gasteiger charge is -2.20. The lowest BCUT2D eigenvalue weighted by atomic mass is 10.2. The molecule has 1 atom stereocenters. The van der Waals surface area contributed by atoms with Crippen LogP contribution in [0.3, 0.4) is 0 Å². The molecule has 0 saturated carbocycles. The van der Waals surface area contributed by atoms with E-state index in [2.05, 4.69) is 4.90 Å². The van der Waals surface area contributed by atoms with Gasteiger partial charge in [0.25, 0.3) is 5.91 Å². The second-order valence-corrected chi connectivity index (χ2v) is 6.67. The minimum absolute atomic E-state index is 0.0857. The van der Waals surface area contributed by atoms with Crippen molar-refractivity contribution in [2.75, 3.05) is 32.9 Å². The highest BCUT2D eigenvalue weighted by molar-refractivity contribution is 7.21. The summed E-state index contributed by atoms with van der Waals surface area (Å²) in [5, 5.41) is 0.370. The second kappa shape index (κ2) is 5.27. The summed E-state index contributed by atoms with van der Waals surface area (Å²) in [4.78, 5) is 17.0. The molecule has 1 aliphatic rings. The standard InChI is InChI=1S/C15H18FN3OS/c1-18(2)9-6-7-19(8-9)15(20)14-13(17)12-10(16)4-3-5-11(12)21-14/h3-5,9H,6-8,17H2,1-2H3. The number of anilines is 1. The maximum Gasteiger partial charge on any atom is 0.266 e. The van der Waals surface area contributed by atoms with Gasteiger partial charge in [-0.25, -0.2) is 4.39 Å². The van der Waals surface area contributed by atoms with E-state index in [0.29, 0.717) is 22.8 Å². The molecule has 1 aromatic carbocycles. The van der Waals surface area contributed by atoms with Crippen LogP contribution in [0.25, 0.3) is 10.1 Å². The fourth-order valence-electron chi connectivity index (χ4n) is 2.78. The third kappa shape index (κ3) is 2.38. The van der Waals surface area contributed by atoms with Crippen molar-refractivity contribution in [3.05, 3.63) is 28.9 Å². The molecule has 1 unspecified atom stereocenters. The molecule has 2 N–H and O–H groups in total. The number of nitrogens with two attached hydrogens (primary N) is 1. The molecular weight excluding hydrogens is 289 g/mol. The molecule has 1 saturated heterocycles. The Bertz CT molecular complexity index is 698. The van der Waals surface area contributed by atoms with E-state index in [1.165, 1.54) is 17.4 Å². The molecule has 6 heteroatoms. The summed E-state index contributed by atoms with van der Waals surface area (Å²) in [6.45, 7) is 1.42. The van der Waals surface area contributed by atoms with Crippen molar-refractivity contribution in [1.29, 1.82) is 0 Å². The highest BCUT2D eigenvalue weighted by Gasteiger charge is 2.30. The molecule has 0 radical (unpaired) electrons. The minimum Gasteiger partial charge on any atom is -0.397 e. The Hall–Kier alpha value is -1.66. The Morgan fingerprint density at radius 2 is 2.24 bits per heavy atom. The Morgan fingerprint density at radius 1 is 1.48 bits per heavy atom. The number of nitrogen functional groups attached to an aromatic ring is 1. The van der Waals surface area contributed by atoms with Gasteiger partial charge in [-0.15, -0.1) is 11.3 Å². The van der Waals surface area contributed by atoms with Crippen LogP contribution in [0, 0.1) is 5.82 Å². The number of hydrogen-bond acceptors (Lipinski definition) is 4. The highest BCUT2D eigenvalue weighted by Crippen LogP contribution is 2.36. The molecule has 1 fully saturated rings. The van der Waals surface area contributed by atoms with Gasteiger partial charge >= 0.3 is 0 Å². The highest BCUT2D eigenvalue weighted by atomic mass is 32.1. The van der Waals surface area contributed by atoms with Crippen LogP contribution in [0.4, 0.5) is 10.1 Å². The molecule has 1 amide bonds. The van der Waals surface area contributed by atoms with Crippen molar-refractivity contribution >= 4 is 33.0 Å². The molecule has 1 aromatic heterocycles. The van der Waals surface area contributed by atoms with Gasteiger partial charge in [0.1, 0.15) is 10.7 Å². The molecule has 1 aliphatic heterocycles. The normalized spacial score (nSPS) is 18.9. The van der Waals surface area contributed by atoms with Crippen LogP contribution in [0.5, 0.6) is 0 Å². The fraction of sp³-hybridized carbons (Fsp3) is 0.400. The van der Waals surface area contributed by atoms with Crippen molar-refractivity contribution in [3.8, 4) is 0 Å². The topological polar surface area (TPSA) is 49.6 Å². The molecule has 112 valence electrons. The monoisotopic (exact) mass is 307 g/mol. The minimum atomic E-state index is -0.368. The molecule has 4 nitrogen and oxygen atoms in total. The lowest BCUT2D eigenvalue weighted by molar-refractivity contribution is 0.0789. The molecule has 0 aliphatic carbocycles. The zero-order valence-electron chi connectivity index (χ0n) is 12.1. The second-order valence-electron chi connectivity index (χ2n) is 5.62. The number of rotatable bonds is 2. The van der Waals surface area contributed by atoms with Crippen LogP contribution >= 0.6 is 11.3 Å². The van der Waals surface area contributed by atoms with Crippen LogP contribution in [0.15, 0.2) is 18.2 Å². The van der Waals surface area contributed by atoms with Crippen LogP contribution in [0.1, 0.15) is 16.1 Å². The number of benzene rings is 1. The maximum atomic E-state index is 13.9. The van der Waals surface area contributed by atoms with E-state index in [0.717, 1.165) is 17.7 Å². The predicted octanol–water partition coefficient (Wildman–Crippen LogP) is 2.40. The summed E-state index contributed by atoms with van der Waals surface area (Å²) in [5.41, 5.74) is 6.29. The zero-order valence-corrected chi connectivity index (χ0v) is 12.9. The largest absolute Gasteiger partial charge is 0.397 e. The van der Waals surface area contributed by atoms with Gasteiger partial charge in [-0.2, -0.15) is 0 Å². The smallest absolute Gasteiger partial charge is 0.266 e. The van der Waals surface area contributed by atoms with Crippen LogP contribution < -0.4 is 5.73 Å². The first-order valence-corrected chi connectivity index (χ1v) is 7.73. The third-order valence-electron chi connectivity index (χ3n) is 4.08. The van der Waals surface area contributed by atoms with E-state index in [1.54, 1.807) is 12.1 Å². The summed E-state index contributed by atoms with van der Waals surface area (Å²) < 4.78 is 14.6. The first-order chi connectivity index (χ1) is 9.99. The van der Waals surface area contributed by atoms with E-state index < -0.39 is 0 Å². The summed E-state index contributed by atoms with van der Waals surface area (Å²) in [7, 11) is 4.03. The van der Waals surface area contributed by atoms with Crippen LogP contribution in [-0.4, -0.2) is 48.9 Å². The average Bonchev–Trinajstić information content (AvgIpc) is 3.04. The van der Waals surface area contributed by atoms with Crippen molar-refractivity contribution in [2.45, 2.75) is 12.5 Å². The molecule has 0 bridgehead atoms. The van der Waals surface area contributed by atoms with Crippen molar-refractivity contribution in [2.24, 2.45) is 0 Å². The molecule has 2 heterocycles. The predicted molar refractivity (Wildman–Crippen MR) is 84.2 cm³/mol. The molecule has 0 spiro atoms. The third-order valence-corrected chi connectivity index (χ3v) is 5.24. The van der Waals surface area contributed by atoms with Gasteiger partial charge in [-0.05, 0) is 32.6 Å². The SMILES string of the molecule is CN(C)C1CCN(C(=O)c2sc3cccc(F)c3c2N)C1. The van der Waals surface area contributed by atoms with E-state index in [4.69, 9.17) is 5.73 Å². The van der Waals surface area contributed by atoms with E-state index in [-0.39, 0.29) is 17.4 Å². The number of amides is 1. The molecule has 2 aromatic rings. The summed E-state index contributed by atoms with van der Waals surface area (Å²) in [5.74, 6) is -0.453. The number of likely N-dealkylation sites (N-methyl/N-ethyl adjacent to an activating group) is 1. The first kappa shape index (κ1) is 14.3. The lowest BCUT2D eigenvalue weighted by Crippen LogP contribution is -2.34. The Labute approximate surface area is 126 Å². The number of carbonyl (C=O) groups is 1. The van der Waals surface area contributed by atoms with Gasteiger partial charge in [0, 0.05) is 23.8 Å².